The Bertz CT molecular complexity index is 790. The number of aryl methyl sites for hydroxylation is 2. The van der Waals surface area contributed by atoms with Gasteiger partial charge in [0, 0.05) is 31.1 Å². The van der Waals surface area contributed by atoms with Gasteiger partial charge in [0.2, 0.25) is 17.6 Å². The molecular weight excluding hydrogens is 320 g/mol. The number of aromatic nitrogens is 3. The lowest BCUT2D eigenvalue weighted by Crippen LogP contribution is -2.27. The third-order valence-corrected chi connectivity index (χ3v) is 3.82. The fourth-order valence-electron chi connectivity index (χ4n) is 2.55. The first-order valence-electron chi connectivity index (χ1n) is 8.61. The molecule has 7 nitrogen and oxygen atoms in total. The lowest BCUT2D eigenvalue weighted by Gasteiger charge is -2.14. The number of nitrogens with one attached hydrogen (secondary N) is 1. The number of hydrogen-bond acceptors (Lipinski definition) is 5. The second kappa shape index (κ2) is 8.09. The van der Waals surface area contributed by atoms with E-state index in [-0.39, 0.29) is 29.8 Å². The molecule has 0 spiro atoms. The van der Waals surface area contributed by atoms with Gasteiger partial charge in [0.1, 0.15) is 0 Å². The second-order valence-corrected chi connectivity index (χ2v) is 6.87. The van der Waals surface area contributed by atoms with Crippen LogP contribution in [0.15, 0.2) is 21.5 Å². The zero-order valence-electron chi connectivity index (χ0n) is 15.5. The predicted molar refractivity (Wildman–Crippen MR) is 95.3 cm³/mol. The van der Waals surface area contributed by atoms with E-state index in [0.717, 1.165) is 5.69 Å². The molecule has 1 amide bonds. The molecule has 0 fully saturated rings. The number of hydrogen-bond donors (Lipinski definition) is 1. The monoisotopic (exact) mass is 346 g/mol. The Morgan fingerprint density at radius 1 is 1.28 bits per heavy atom. The summed E-state index contributed by atoms with van der Waals surface area (Å²) >= 11 is 0. The zero-order chi connectivity index (χ0) is 18.6. The maximum absolute atomic E-state index is 12.6. The number of rotatable bonds is 7. The Hall–Kier alpha value is -2.44. The molecule has 0 aliphatic heterocycles. The number of pyridine rings is 1. The van der Waals surface area contributed by atoms with Crippen molar-refractivity contribution < 1.29 is 9.32 Å². The van der Waals surface area contributed by atoms with Crippen LogP contribution in [0.5, 0.6) is 0 Å². The number of nitrogens with zero attached hydrogens (tertiary/aromatic N) is 3. The molecule has 2 aromatic heterocycles. The molecule has 2 heterocycles. The van der Waals surface area contributed by atoms with Gasteiger partial charge in [-0.2, -0.15) is 4.98 Å². The largest absolute Gasteiger partial charge is 0.356 e. The molecule has 0 bridgehead atoms. The van der Waals surface area contributed by atoms with E-state index in [1.165, 1.54) is 0 Å². The molecule has 2 rings (SSSR count). The molecule has 25 heavy (non-hydrogen) atoms. The van der Waals surface area contributed by atoms with E-state index in [2.05, 4.69) is 15.5 Å². The molecule has 0 unspecified atom stereocenters. The first-order chi connectivity index (χ1) is 11.8. The Morgan fingerprint density at radius 2 is 2.00 bits per heavy atom. The summed E-state index contributed by atoms with van der Waals surface area (Å²) in [6.07, 6.45) is 0.625. The minimum atomic E-state index is -0.142. The van der Waals surface area contributed by atoms with Crippen molar-refractivity contribution in [3.63, 3.8) is 0 Å². The molecule has 0 aliphatic carbocycles. The molecule has 0 atom stereocenters. The molecule has 7 heteroatoms. The van der Waals surface area contributed by atoms with E-state index in [9.17, 15) is 9.59 Å². The number of amides is 1. The van der Waals surface area contributed by atoms with Crippen LogP contribution in [0.3, 0.4) is 0 Å². The van der Waals surface area contributed by atoms with Crippen LogP contribution >= 0.6 is 0 Å². The topological polar surface area (TPSA) is 90.0 Å². The van der Waals surface area contributed by atoms with Crippen molar-refractivity contribution in [1.29, 1.82) is 0 Å². The van der Waals surface area contributed by atoms with Crippen molar-refractivity contribution in [2.45, 2.75) is 53.5 Å². The van der Waals surface area contributed by atoms with Crippen molar-refractivity contribution in [3.05, 3.63) is 34.1 Å². The van der Waals surface area contributed by atoms with Gasteiger partial charge in [-0.05, 0) is 38.8 Å². The van der Waals surface area contributed by atoms with Gasteiger partial charge >= 0.3 is 0 Å². The molecule has 2 aromatic rings. The van der Waals surface area contributed by atoms with Gasteiger partial charge in [0.25, 0.3) is 5.56 Å². The van der Waals surface area contributed by atoms with Gasteiger partial charge in [-0.25, -0.2) is 0 Å². The summed E-state index contributed by atoms with van der Waals surface area (Å²) in [4.78, 5) is 28.7. The third kappa shape index (κ3) is 4.78. The van der Waals surface area contributed by atoms with E-state index in [1.807, 2.05) is 40.7 Å². The van der Waals surface area contributed by atoms with Crippen LogP contribution < -0.4 is 10.9 Å². The maximum Gasteiger partial charge on any atom is 0.262 e. The normalized spacial score (nSPS) is 11.3. The number of carbonyl (C=O) groups excluding carboxylic acids is 1. The molecule has 0 radical (unpaired) electrons. The Morgan fingerprint density at radius 3 is 2.64 bits per heavy atom. The lowest BCUT2D eigenvalue weighted by molar-refractivity contribution is -0.121. The first-order valence-corrected chi connectivity index (χ1v) is 8.61. The molecule has 1 N–H and O–H groups in total. The Kier molecular flexibility index (Phi) is 6.12. The Balaban J connectivity index is 2.10. The smallest absolute Gasteiger partial charge is 0.262 e. The third-order valence-electron chi connectivity index (χ3n) is 3.82. The minimum absolute atomic E-state index is 0.0449. The van der Waals surface area contributed by atoms with Gasteiger partial charge in [-0.3, -0.25) is 9.59 Å². The molecule has 0 saturated carbocycles. The van der Waals surface area contributed by atoms with E-state index >= 15 is 0 Å². The van der Waals surface area contributed by atoms with Gasteiger partial charge in [-0.1, -0.05) is 19.0 Å². The van der Waals surface area contributed by atoms with Gasteiger partial charge in [-0.15, -0.1) is 0 Å². The standard InChI is InChI=1S/C18H26N4O3/c1-11(2)10-19-15(23)8-9-16-20-17(21-25-16)14-7-6-13(5)22(12(3)4)18(14)24/h6-7,11-12H,8-10H2,1-5H3,(H,19,23). The van der Waals surface area contributed by atoms with E-state index in [4.69, 9.17) is 4.52 Å². The summed E-state index contributed by atoms with van der Waals surface area (Å²) in [6.45, 7) is 10.5. The fourth-order valence-corrected chi connectivity index (χ4v) is 2.55. The molecular formula is C18H26N4O3. The van der Waals surface area contributed by atoms with Crippen LogP contribution in [0, 0.1) is 12.8 Å². The van der Waals surface area contributed by atoms with Crippen molar-refractivity contribution in [2.75, 3.05) is 6.54 Å². The summed E-state index contributed by atoms with van der Waals surface area (Å²) in [7, 11) is 0. The Labute approximate surface area is 147 Å². The van der Waals surface area contributed by atoms with Crippen molar-refractivity contribution in [2.24, 2.45) is 5.92 Å². The van der Waals surface area contributed by atoms with Crippen molar-refractivity contribution in [3.8, 4) is 11.4 Å². The highest BCUT2D eigenvalue weighted by atomic mass is 16.5. The van der Waals surface area contributed by atoms with E-state index in [0.29, 0.717) is 30.3 Å². The van der Waals surface area contributed by atoms with Crippen molar-refractivity contribution >= 4 is 5.91 Å². The summed E-state index contributed by atoms with van der Waals surface area (Å²) in [6, 6.07) is 3.62. The van der Waals surface area contributed by atoms with E-state index < -0.39 is 0 Å². The maximum atomic E-state index is 12.6. The highest BCUT2D eigenvalue weighted by molar-refractivity contribution is 5.76. The fraction of sp³-hybridized carbons (Fsp3) is 0.556. The first kappa shape index (κ1) is 18.9. The molecule has 0 saturated heterocycles. The van der Waals surface area contributed by atoms with Gasteiger partial charge < -0.3 is 14.4 Å². The van der Waals surface area contributed by atoms with Crippen LogP contribution in [0.1, 0.15) is 51.7 Å². The predicted octanol–water partition coefficient (Wildman–Crippen LogP) is 2.49. The minimum Gasteiger partial charge on any atom is -0.356 e. The summed E-state index contributed by atoms with van der Waals surface area (Å²) in [5.74, 6) is 0.970. The zero-order valence-corrected chi connectivity index (χ0v) is 15.5. The van der Waals surface area contributed by atoms with Gasteiger partial charge in [0.15, 0.2) is 0 Å². The SMILES string of the molecule is Cc1ccc(-c2noc(CCC(=O)NCC(C)C)n2)c(=O)n1C(C)C. The van der Waals surface area contributed by atoms with Crippen LogP contribution in [-0.4, -0.2) is 27.2 Å². The summed E-state index contributed by atoms with van der Waals surface area (Å²) < 4.78 is 6.89. The highest BCUT2D eigenvalue weighted by Gasteiger charge is 2.16. The summed E-state index contributed by atoms with van der Waals surface area (Å²) in [5.41, 5.74) is 1.14. The van der Waals surface area contributed by atoms with Gasteiger partial charge in [0.05, 0.1) is 5.56 Å². The quantitative estimate of drug-likeness (QED) is 0.832. The molecule has 136 valence electrons. The average molecular weight is 346 g/mol. The summed E-state index contributed by atoms with van der Waals surface area (Å²) in [5, 5.41) is 6.74. The van der Waals surface area contributed by atoms with Crippen LogP contribution in [0.25, 0.3) is 11.4 Å². The molecule has 0 aromatic carbocycles. The van der Waals surface area contributed by atoms with Crippen LogP contribution in [0.2, 0.25) is 0 Å². The van der Waals surface area contributed by atoms with E-state index in [1.54, 1.807) is 10.6 Å². The highest BCUT2D eigenvalue weighted by Crippen LogP contribution is 2.15. The lowest BCUT2D eigenvalue weighted by atomic mass is 10.2. The van der Waals surface area contributed by atoms with Crippen molar-refractivity contribution in [1.82, 2.24) is 20.0 Å². The van der Waals surface area contributed by atoms with Crippen LogP contribution in [-0.2, 0) is 11.2 Å². The number of carbonyl (C=O) groups is 1. The second-order valence-electron chi connectivity index (χ2n) is 6.87. The van der Waals surface area contributed by atoms with Crippen LogP contribution in [0.4, 0.5) is 0 Å². The molecule has 0 aliphatic rings. The average Bonchev–Trinajstić information content (AvgIpc) is 2.99.